The number of hydrogen-bond acceptors (Lipinski definition) is 3. The van der Waals surface area contributed by atoms with Crippen molar-refractivity contribution in [3.05, 3.63) is 52.7 Å². The fourth-order valence-corrected chi connectivity index (χ4v) is 1.65. The molecule has 16 heavy (non-hydrogen) atoms. The smallest absolute Gasteiger partial charge is 0.271 e. The maximum absolute atomic E-state index is 11.7. The maximum atomic E-state index is 11.7. The van der Waals surface area contributed by atoms with Gasteiger partial charge >= 0.3 is 0 Å². The Hall–Kier alpha value is -1.62. The van der Waals surface area contributed by atoms with Gasteiger partial charge in [-0.05, 0) is 34.1 Å². The van der Waals surface area contributed by atoms with Crippen molar-refractivity contribution < 1.29 is 9.21 Å². The fourth-order valence-electron chi connectivity index (χ4n) is 1.21. The van der Waals surface area contributed by atoms with E-state index in [1.807, 2.05) is 0 Å². The number of hydrogen-bond donors (Lipinski definition) is 1. The summed E-state index contributed by atoms with van der Waals surface area (Å²) in [4.78, 5) is 15.7. The first-order valence-corrected chi connectivity index (χ1v) is 5.46. The third-order valence-corrected chi connectivity index (χ3v) is 2.65. The standard InChI is InChI=1S/C11H9BrN2O2/c12-9-2-1-4-13-10(9)11(15)14-6-8-3-5-16-7-8/h1-5,7H,6H2,(H,14,15). The normalized spacial score (nSPS) is 10.1. The molecule has 0 bridgehead atoms. The number of nitrogens with zero attached hydrogens (tertiary/aromatic N) is 1. The number of furan rings is 1. The number of rotatable bonds is 3. The molecule has 5 heteroatoms. The molecule has 2 aromatic rings. The number of carbonyl (C=O) groups is 1. The van der Waals surface area contributed by atoms with Gasteiger partial charge < -0.3 is 9.73 Å². The molecule has 82 valence electrons. The van der Waals surface area contributed by atoms with E-state index in [-0.39, 0.29) is 5.91 Å². The number of halogens is 1. The van der Waals surface area contributed by atoms with Crippen molar-refractivity contribution in [2.75, 3.05) is 0 Å². The summed E-state index contributed by atoms with van der Waals surface area (Å²) < 4.78 is 5.58. The molecule has 0 aliphatic rings. The summed E-state index contributed by atoms with van der Waals surface area (Å²) >= 11 is 3.27. The summed E-state index contributed by atoms with van der Waals surface area (Å²) in [6, 6.07) is 5.34. The minimum atomic E-state index is -0.214. The Bertz CT molecular complexity index is 482. The molecule has 1 N–H and O–H groups in total. The van der Waals surface area contributed by atoms with Crippen LogP contribution in [0, 0.1) is 0 Å². The van der Waals surface area contributed by atoms with Gasteiger partial charge in [0.05, 0.1) is 12.5 Å². The Morgan fingerprint density at radius 3 is 3.06 bits per heavy atom. The lowest BCUT2D eigenvalue weighted by molar-refractivity contribution is 0.0945. The number of nitrogens with one attached hydrogen (secondary N) is 1. The van der Waals surface area contributed by atoms with Crippen molar-refractivity contribution >= 4 is 21.8 Å². The summed E-state index contributed by atoms with van der Waals surface area (Å²) in [6.07, 6.45) is 4.74. The van der Waals surface area contributed by atoms with E-state index in [0.717, 1.165) is 5.56 Å². The predicted octanol–water partition coefficient (Wildman–Crippen LogP) is 2.37. The highest BCUT2D eigenvalue weighted by Gasteiger charge is 2.10. The molecule has 1 amide bonds. The largest absolute Gasteiger partial charge is 0.472 e. The third-order valence-electron chi connectivity index (χ3n) is 2.01. The lowest BCUT2D eigenvalue weighted by Crippen LogP contribution is -2.23. The van der Waals surface area contributed by atoms with Crippen LogP contribution in [0.2, 0.25) is 0 Å². The van der Waals surface area contributed by atoms with Gasteiger partial charge in [0, 0.05) is 22.8 Å². The second-order valence-corrected chi connectivity index (χ2v) is 4.00. The van der Waals surface area contributed by atoms with Crippen molar-refractivity contribution in [1.82, 2.24) is 10.3 Å². The van der Waals surface area contributed by atoms with E-state index in [1.54, 1.807) is 36.9 Å². The van der Waals surface area contributed by atoms with Crippen LogP contribution in [-0.2, 0) is 6.54 Å². The first kappa shape index (κ1) is 10.9. The summed E-state index contributed by atoms with van der Waals surface area (Å²) in [6.45, 7) is 0.429. The Labute approximate surface area is 101 Å². The van der Waals surface area contributed by atoms with Gasteiger partial charge in [0.25, 0.3) is 5.91 Å². The van der Waals surface area contributed by atoms with E-state index < -0.39 is 0 Å². The second-order valence-electron chi connectivity index (χ2n) is 3.15. The van der Waals surface area contributed by atoms with E-state index >= 15 is 0 Å². The zero-order chi connectivity index (χ0) is 11.4. The average molecular weight is 281 g/mol. The van der Waals surface area contributed by atoms with Crippen LogP contribution in [-0.4, -0.2) is 10.9 Å². The van der Waals surface area contributed by atoms with Gasteiger partial charge in [0.1, 0.15) is 5.69 Å². The van der Waals surface area contributed by atoms with E-state index in [9.17, 15) is 4.79 Å². The molecule has 2 heterocycles. The van der Waals surface area contributed by atoms with Gasteiger partial charge in [-0.3, -0.25) is 4.79 Å². The van der Waals surface area contributed by atoms with Crippen molar-refractivity contribution in [3.8, 4) is 0 Å². The second kappa shape index (κ2) is 4.94. The first-order chi connectivity index (χ1) is 7.77. The summed E-state index contributed by atoms with van der Waals surface area (Å²) in [7, 11) is 0. The zero-order valence-electron chi connectivity index (χ0n) is 8.31. The molecule has 2 rings (SSSR count). The van der Waals surface area contributed by atoms with Gasteiger partial charge in [-0.25, -0.2) is 4.98 Å². The minimum absolute atomic E-state index is 0.214. The molecule has 0 saturated carbocycles. The van der Waals surface area contributed by atoms with Crippen molar-refractivity contribution in [2.45, 2.75) is 6.54 Å². The van der Waals surface area contributed by atoms with Gasteiger partial charge in [-0.15, -0.1) is 0 Å². The Balaban J connectivity index is 2.01. The molecule has 0 unspecified atom stereocenters. The van der Waals surface area contributed by atoms with Gasteiger partial charge in [-0.1, -0.05) is 0 Å². The SMILES string of the molecule is O=C(NCc1ccoc1)c1ncccc1Br. The van der Waals surface area contributed by atoms with Crippen LogP contribution >= 0.6 is 15.9 Å². The molecule has 4 nitrogen and oxygen atoms in total. The number of carbonyl (C=O) groups excluding carboxylic acids is 1. The molecule has 0 fully saturated rings. The van der Waals surface area contributed by atoms with Crippen LogP contribution in [0.25, 0.3) is 0 Å². The first-order valence-electron chi connectivity index (χ1n) is 4.67. The van der Waals surface area contributed by atoms with Gasteiger partial charge in [0.15, 0.2) is 0 Å². The van der Waals surface area contributed by atoms with Crippen LogP contribution in [0.4, 0.5) is 0 Å². The fraction of sp³-hybridized carbons (Fsp3) is 0.0909. The molecular formula is C11H9BrN2O2. The van der Waals surface area contributed by atoms with E-state index in [4.69, 9.17) is 4.42 Å². The van der Waals surface area contributed by atoms with Crippen LogP contribution in [0.15, 0.2) is 45.8 Å². The number of amides is 1. The topological polar surface area (TPSA) is 55.1 Å². The lowest BCUT2D eigenvalue weighted by Gasteiger charge is -2.03. The van der Waals surface area contributed by atoms with E-state index in [0.29, 0.717) is 16.7 Å². The van der Waals surface area contributed by atoms with Crippen molar-refractivity contribution in [3.63, 3.8) is 0 Å². The number of aromatic nitrogens is 1. The average Bonchev–Trinajstić information content (AvgIpc) is 2.79. The molecular weight excluding hydrogens is 272 g/mol. The lowest BCUT2D eigenvalue weighted by atomic mass is 10.3. The van der Waals surface area contributed by atoms with Gasteiger partial charge in [0.2, 0.25) is 0 Å². The Morgan fingerprint density at radius 2 is 2.38 bits per heavy atom. The molecule has 0 aliphatic carbocycles. The Morgan fingerprint density at radius 1 is 1.50 bits per heavy atom. The van der Waals surface area contributed by atoms with Crippen LogP contribution in [0.3, 0.4) is 0 Å². The van der Waals surface area contributed by atoms with Crippen LogP contribution < -0.4 is 5.32 Å². The predicted molar refractivity (Wildman–Crippen MR) is 61.8 cm³/mol. The Kier molecular flexibility index (Phi) is 3.36. The molecule has 0 radical (unpaired) electrons. The summed E-state index contributed by atoms with van der Waals surface area (Å²) in [5.41, 5.74) is 1.30. The highest BCUT2D eigenvalue weighted by Crippen LogP contribution is 2.13. The highest BCUT2D eigenvalue weighted by atomic mass is 79.9. The number of pyridine rings is 1. The summed E-state index contributed by atoms with van der Waals surface area (Å²) in [5, 5.41) is 2.75. The monoisotopic (exact) mass is 280 g/mol. The highest BCUT2D eigenvalue weighted by molar-refractivity contribution is 9.10. The minimum Gasteiger partial charge on any atom is -0.472 e. The van der Waals surface area contributed by atoms with Crippen LogP contribution in [0.5, 0.6) is 0 Å². The molecule has 0 saturated heterocycles. The van der Waals surface area contributed by atoms with Crippen LogP contribution in [0.1, 0.15) is 16.1 Å². The zero-order valence-corrected chi connectivity index (χ0v) is 9.90. The molecule has 0 aromatic carbocycles. The van der Waals surface area contributed by atoms with Crippen molar-refractivity contribution in [2.24, 2.45) is 0 Å². The summed E-state index contributed by atoms with van der Waals surface area (Å²) in [5.74, 6) is -0.214. The third kappa shape index (κ3) is 2.49. The van der Waals surface area contributed by atoms with Crippen molar-refractivity contribution in [1.29, 1.82) is 0 Å². The molecule has 2 aromatic heterocycles. The molecule has 0 spiro atoms. The van der Waals surface area contributed by atoms with E-state index in [1.165, 1.54) is 0 Å². The van der Waals surface area contributed by atoms with E-state index in [2.05, 4.69) is 26.2 Å². The quantitative estimate of drug-likeness (QED) is 0.939. The van der Waals surface area contributed by atoms with Gasteiger partial charge in [-0.2, -0.15) is 0 Å². The molecule has 0 atom stereocenters. The maximum Gasteiger partial charge on any atom is 0.271 e. The molecule has 0 aliphatic heterocycles.